The van der Waals surface area contributed by atoms with Crippen LogP contribution in [0.25, 0.3) is 0 Å². The molecule has 0 aromatic carbocycles. The first-order valence-electron chi connectivity index (χ1n) is 5.78. The van der Waals surface area contributed by atoms with Gasteiger partial charge >= 0.3 is 0 Å². The van der Waals surface area contributed by atoms with E-state index < -0.39 is 0 Å². The predicted molar refractivity (Wildman–Crippen MR) is 74.5 cm³/mol. The van der Waals surface area contributed by atoms with Crippen molar-refractivity contribution in [3.63, 3.8) is 0 Å². The molecule has 1 aromatic rings. The maximum absolute atomic E-state index is 5.86. The molecule has 0 spiro atoms. The second-order valence-electron chi connectivity index (χ2n) is 4.27. The minimum atomic E-state index is 0.734. The molecule has 0 atom stereocenters. The number of hydrogen-bond donors (Lipinski definition) is 1. The molecule has 0 fully saturated rings. The smallest absolute Gasteiger partial charge is 0.0931 e. The third kappa shape index (κ3) is 6.31. The summed E-state index contributed by atoms with van der Waals surface area (Å²) in [6.45, 7) is 6.63. The molecule has 3 heteroatoms. The first-order chi connectivity index (χ1) is 7.68. The molecule has 1 aromatic heterocycles. The van der Waals surface area contributed by atoms with Gasteiger partial charge in [-0.2, -0.15) is 0 Å². The van der Waals surface area contributed by atoms with Crippen LogP contribution in [-0.2, 0) is 6.42 Å². The zero-order valence-electron chi connectivity index (χ0n) is 10.0. The summed E-state index contributed by atoms with van der Waals surface area (Å²) in [7, 11) is 0. The van der Waals surface area contributed by atoms with Crippen LogP contribution in [0.15, 0.2) is 24.3 Å². The number of halogens is 1. The molecule has 1 nitrogen and oxygen atoms in total. The van der Waals surface area contributed by atoms with Crippen molar-refractivity contribution in [2.24, 2.45) is 5.92 Å². The summed E-state index contributed by atoms with van der Waals surface area (Å²) in [5.74, 6) is 0.734. The fourth-order valence-corrected chi connectivity index (χ4v) is 2.42. The number of rotatable bonds is 7. The van der Waals surface area contributed by atoms with Gasteiger partial charge in [0, 0.05) is 4.88 Å². The number of allylic oxidation sites excluding steroid dienone is 1. The lowest BCUT2D eigenvalue weighted by molar-refractivity contribution is 0.556. The van der Waals surface area contributed by atoms with Crippen LogP contribution in [-0.4, -0.2) is 13.1 Å². The van der Waals surface area contributed by atoms with E-state index in [1.165, 1.54) is 4.88 Å². The number of nitrogens with one attached hydrogen (secondary N) is 1. The highest BCUT2D eigenvalue weighted by atomic mass is 35.5. The van der Waals surface area contributed by atoms with Crippen molar-refractivity contribution in [1.29, 1.82) is 0 Å². The third-order valence-corrected chi connectivity index (χ3v) is 3.41. The van der Waals surface area contributed by atoms with Crippen LogP contribution < -0.4 is 5.32 Å². The molecule has 0 amide bonds. The summed E-state index contributed by atoms with van der Waals surface area (Å²) < 4.78 is 0.877. The second kappa shape index (κ2) is 7.88. The maximum Gasteiger partial charge on any atom is 0.0931 e. The molecule has 1 heterocycles. The van der Waals surface area contributed by atoms with E-state index in [0.29, 0.717) is 0 Å². The molecule has 90 valence electrons. The van der Waals surface area contributed by atoms with E-state index in [4.69, 9.17) is 11.6 Å². The fraction of sp³-hybridized carbons (Fsp3) is 0.538. The SMILES string of the molecule is CC(C)CNCCC=CCc1ccc(Cl)s1. The first-order valence-corrected chi connectivity index (χ1v) is 6.98. The molecule has 0 saturated carbocycles. The minimum absolute atomic E-state index is 0.734. The van der Waals surface area contributed by atoms with Crippen LogP contribution >= 0.6 is 22.9 Å². The van der Waals surface area contributed by atoms with Gasteiger partial charge in [0.25, 0.3) is 0 Å². The van der Waals surface area contributed by atoms with Crippen LogP contribution in [0, 0.1) is 5.92 Å². The molecule has 0 unspecified atom stereocenters. The third-order valence-electron chi connectivity index (χ3n) is 2.15. The van der Waals surface area contributed by atoms with Gasteiger partial charge in [0.2, 0.25) is 0 Å². The van der Waals surface area contributed by atoms with Gasteiger partial charge in [-0.3, -0.25) is 0 Å². The second-order valence-corrected chi connectivity index (χ2v) is 6.07. The average Bonchev–Trinajstić information content (AvgIpc) is 2.62. The monoisotopic (exact) mass is 257 g/mol. The van der Waals surface area contributed by atoms with Crippen molar-refractivity contribution < 1.29 is 0 Å². The van der Waals surface area contributed by atoms with Gasteiger partial charge in [-0.05, 0) is 44.0 Å². The largest absolute Gasteiger partial charge is 0.316 e. The van der Waals surface area contributed by atoms with Gasteiger partial charge < -0.3 is 5.32 Å². The Bertz CT molecular complexity index is 317. The maximum atomic E-state index is 5.86. The molecule has 1 rings (SSSR count). The van der Waals surface area contributed by atoms with Crippen molar-refractivity contribution in [3.8, 4) is 0 Å². The summed E-state index contributed by atoms with van der Waals surface area (Å²) in [4.78, 5) is 1.33. The zero-order chi connectivity index (χ0) is 11.8. The normalized spacial score (nSPS) is 11.8. The quantitative estimate of drug-likeness (QED) is 0.572. The van der Waals surface area contributed by atoms with E-state index in [1.807, 2.05) is 6.07 Å². The summed E-state index contributed by atoms with van der Waals surface area (Å²) >= 11 is 7.51. The zero-order valence-corrected chi connectivity index (χ0v) is 11.6. The van der Waals surface area contributed by atoms with Gasteiger partial charge in [0.15, 0.2) is 0 Å². The van der Waals surface area contributed by atoms with Crippen LogP contribution in [0.3, 0.4) is 0 Å². The number of thiophene rings is 1. The van der Waals surface area contributed by atoms with E-state index in [2.05, 4.69) is 37.4 Å². The average molecular weight is 258 g/mol. The van der Waals surface area contributed by atoms with E-state index in [9.17, 15) is 0 Å². The summed E-state index contributed by atoms with van der Waals surface area (Å²) in [6, 6.07) is 4.05. The highest BCUT2D eigenvalue weighted by Gasteiger charge is 1.94. The van der Waals surface area contributed by atoms with Crippen LogP contribution in [0.5, 0.6) is 0 Å². The van der Waals surface area contributed by atoms with Gasteiger partial charge in [-0.15, -0.1) is 11.3 Å². The fourth-order valence-electron chi connectivity index (χ4n) is 1.35. The predicted octanol–water partition coefficient (Wildman–Crippen LogP) is 4.14. The van der Waals surface area contributed by atoms with Gasteiger partial charge in [0.05, 0.1) is 4.34 Å². The molecule has 1 N–H and O–H groups in total. The Morgan fingerprint density at radius 2 is 2.19 bits per heavy atom. The van der Waals surface area contributed by atoms with Crippen LogP contribution in [0.2, 0.25) is 4.34 Å². The van der Waals surface area contributed by atoms with E-state index in [0.717, 1.165) is 36.2 Å². The Morgan fingerprint density at radius 3 is 2.81 bits per heavy atom. The topological polar surface area (TPSA) is 12.0 Å². The highest BCUT2D eigenvalue weighted by molar-refractivity contribution is 7.16. The van der Waals surface area contributed by atoms with Crippen molar-refractivity contribution in [2.75, 3.05) is 13.1 Å². The summed E-state index contributed by atoms with van der Waals surface area (Å²) in [6.07, 6.45) is 6.56. The molecule has 0 aliphatic heterocycles. The molecule has 0 radical (unpaired) electrons. The molecular formula is C13H20ClNS. The summed E-state index contributed by atoms with van der Waals surface area (Å²) in [5, 5.41) is 3.42. The molecule has 0 aliphatic rings. The Kier molecular flexibility index (Phi) is 6.78. The molecule has 0 aliphatic carbocycles. The first kappa shape index (κ1) is 13.8. The Hall–Kier alpha value is -0.310. The molecular weight excluding hydrogens is 238 g/mol. The van der Waals surface area contributed by atoms with Crippen LogP contribution in [0.4, 0.5) is 0 Å². The van der Waals surface area contributed by atoms with E-state index in [-0.39, 0.29) is 0 Å². The molecule has 0 saturated heterocycles. The molecule has 0 bridgehead atoms. The Morgan fingerprint density at radius 1 is 1.38 bits per heavy atom. The highest BCUT2D eigenvalue weighted by Crippen LogP contribution is 2.21. The van der Waals surface area contributed by atoms with Gasteiger partial charge in [0.1, 0.15) is 0 Å². The lowest BCUT2D eigenvalue weighted by atomic mass is 10.2. The molecule has 16 heavy (non-hydrogen) atoms. The Balaban J connectivity index is 2.05. The van der Waals surface area contributed by atoms with Crippen molar-refractivity contribution in [1.82, 2.24) is 5.32 Å². The van der Waals surface area contributed by atoms with Crippen LogP contribution in [0.1, 0.15) is 25.1 Å². The number of hydrogen-bond acceptors (Lipinski definition) is 2. The lowest BCUT2D eigenvalue weighted by Gasteiger charge is -2.04. The standard InChI is InChI=1S/C13H20ClNS/c1-11(2)10-15-9-5-3-4-6-12-7-8-13(14)16-12/h3-4,7-8,11,15H,5-6,9-10H2,1-2H3. The lowest BCUT2D eigenvalue weighted by Crippen LogP contribution is -2.20. The van der Waals surface area contributed by atoms with Gasteiger partial charge in [-0.1, -0.05) is 37.6 Å². The van der Waals surface area contributed by atoms with Crippen molar-refractivity contribution in [2.45, 2.75) is 26.7 Å². The van der Waals surface area contributed by atoms with Gasteiger partial charge in [-0.25, -0.2) is 0 Å². The van der Waals surface area contributed by atoms with E-state index in [1.54, 1.807) is 11.3 Å². The minimum Gasteiger partial charge on any atom is -0.316 e. The van der Waals surface area contributed by atoms with E-state index >= 15 is 0 Å². The summed E-state index contributed by atoms with van der Waals surface area (Å²) in [5.41, 5.74) is 0. The Labute approximate surface area is 108 Å². The van der Waals surface area contributed by atoms with Crippen molar-refractivity contribution in [3.05, 3.63) is 33.5 Å². The van der Waals surface area contributed by atoms with Crippen molar-refractivity contribution >= 4 is 22.9 Å².